The second-order valence-electron chi connectivity index (χ2n) is 8.91. The molecule has 0 fully saturated rings. The Morgan fingerprint density at radius 1 is 0.714 bits per heavy atom. The van der Waals surface area contributed by atoms with Crippen LogP contribution in [0.2, 0.25) is 0 Å². The van der Waals surface area contributed by atoms with Gasteiger partial charge in [0.15, 0.2) is 0 Å². The van der Waals surface area contributed by atoms with Gasteiger partial charge < -0.3 is 9.47 Å². The van der Waals surface area contributed by atoms with E-state index < -0.39 is 29.3 Å². The minimum Gasteiger partial charge on any atom is -0.493 e. The van der Waals surface area contributed by atoms with Crippen molar-refractivity contribution in [3.8, 4) is 11.5 Å². The lowest BCUT2D eigenvalue weighted by atomic mass is 9.89. The lowest BCUT2D eigenvalue weighted by Crippen LogP contribution is -2.40. The fraction of sp³-hybridized carbons (Fsp3) is 0.478. The van der Waals surface area contributed by atoms with Crippen molar-refractivity contribution in [3.05, 3.63) is 59.7 Å². The van der Waals surface area contributed by atoms with Crippen LogP contribution in [0.5, 0.6) is 11.5 Å². The SMILES string of the molecule is CCC(COc1ccc(C2(C(F)(F)F)N=N2)cc1)C(C)(C)Oc1ccc(C2(C(F)(F)F)N=N2)cc1. The summed E-state index contributed by atoms with van der Waals surface area (Å²) in [6.45, 7) is 5.79. The zero-order valence-electron chi connectivity index (χ0n) is 19.0. The number of rotatable bonds is 9. The molecule has 0 bridgehead atoms. The molecule has 0 aromatic heterocycles. The van der Waals surface area contributed by atoms with Gasteiger partial charge in [0.05, 0.1) is 6.61 Å². The monoisotopic (exact) mass is 500 g/mol. The average molecular weight is 500 g/mol. The van der Waals surface area contributed by atoms with Gasteiger partial charge in [0.25, 0.3) is 0 Å². The lowest BCUT2D eigenvalue weighted by molar-refractivity contribution is -0.166. The smallest absolute Gasteiger partial charge is 0.442 e. The number of nitrogens with zero attached hydrogens (tertiary/aromatic N) is 4. The molecule has 0 N–H and O–H groups in total. The summed E-state index contributed by atoms with van der Waals surface area (Å²) in [5.74, 6) is 0.598. The van der Waals surface area contributed by atoms with E-state index in [1.54, 1.807) is 0 Å². The number of hydrogen-bond donors (Lipinski definition) is 0. The van der Waals surface area contributed by atoms with Gasteiger partial charge in [-0.1, -0.05) is 31.2 Å². The third-order valence-corrected chi connectivity index (χ3v) is 6.21. The first-order valence-electron chi connectivity index (χ1n) is 10.8. The topological polar surface area (TPSA) is 67.9 Å². The van der Waals surface area contributed by atoms with Gasteiger partial charge in [-0.15, -0.1) is 20.5 Å². The summed E-state index contributed by atoms with van der Waals surface area (Å²) in [5.41, 5.74) is -5.91. The van der Waals surface area contributed by atoms with Crippen LogP contribution in [-0.4, -0.2) is 24.6 Å². The standard InChI is InChI=1S/C23H22F6N4O2/c1-4-14(13-34-17-9-5-15(6-10-17)20(30-31-20)22(24,25)26)19(2,3)35-18-11-7-16(8-12-18)21(32-33-21)23(27,28)29/h5-12,14H,4,13H2,1-3H3. The molecule has 0 radical (unpaired) electrons. The Balaban J connectivity index is 1.37. The molecule has 2 heterocycles. The summed E-state index contributed by atoms with van der Waals surface area (Å²) >= 11 is 0. The van der Waals surface area contributed by atoms with Crippen molar-refractivity contribution in [2.45, 2.75) is 56.5 Å². The van der Waals surface area contributed by atoms with Crippen LogP contribution in [0.4, 0.5) is 26.3 Å². The second-order valence-corrected chi connectivity index (χ2v) is 8.91. The number of ether oxygens (including phenoxy) is 2. The molecule has 2 aliphatic heterocycles. The number of hydrogen-bond acceptors (Lipinski definition) is 6. The first-order valence-corrected chi connectivity index (χ1v) is 10.8. The van der Waals surface area contributed by atoms with Crippen LogP contribution < -0.4 is 9.47 Å². The number of benzene rings is 2. The van der Waals surface area contributed by atoms with Crippen molar-refractivity contribution >= 4 is 0 Å². The molecule has 6 nitrogen and oxygen atoms in total. The third-order valence-electron chi connectivity index (χ3n) is 6.21. The Bertz CT molecular complexity index is 1110. The fourth-order valence-corrected chi connectivity index (χ4v) is 3.82. The molecule has 1 unspecified atom stereocenters. The van der Waals surface area contributed by atoms with Gasteiger partial charge in [-0.3, -0.25) is 0 Å². The molecule has 0 spiro atoms. The zero-order valence-corrected chi connectivity index (χ0v) is 19.0. The van der Waals surface area contributed by atoms with Crippen LogP contribution in [0.15, 0.2) is 69.0 Å². The molecule has 0 amide bonds. The van der Waals surface area contributed by atoms with E-state index in [-0.39, 0.29) is 23.7 Å². The van der Waals surface area contributed by atoms with E-state index in [4.69, 9.17) is 9.47 Å². The van der Waals surface area contributed by atoms with Crippen molar-refractivity contribution in [2.24, 2.45) is 26.4 Å². The molecule has 2 aromatic rings. The summed E-state index contributed by atoms with van der Waals surface area (Å²) in [6, 6.07) is 10.8. The van der Waals surface area contributed by atoms with Crippen molar-refractivity contribution in [3.63, 3.8) is 0 Å². The molecule has 0 saturated carbocycles. The average Bonchev–Trinajstić information content (AvgIpc) is 3.67. The van der Waals surface area contributed by atoms with E-state index in [0.717, 1.165) is 0 Å². The normalized spacial score (nSPS) is 18.8. The van der Waals surface area contributed by atoms with Crippen molar-refractivity contribution < 1.29 is 35.8 Å². The molecule has 2 aromatic carbocycles. The molecule has 12 heteroatoms. The Kier molecular flexibility index (Phi) is 5.84. The third kappa shape index (κ3) is 4.57. The van der Waals surface area contributed by atoms with Crippen LogP contribution in [0.25, 0.3) is 0 Å². The molecule has 0 aliphatic carbocycles. The second kappa shape index (κ2) is 8.20. The van der Waals surface area contributed by atoms with Crippen molar-refractivity contribution in [2.75, 3.05) is 6.61 Å². The van der Waals surface area contributed by atoms with Gasteiger partial charge in [0, 0.05) is 17.0 Å². The Morgan fingerprint density at radius 3 is 1.46 bits per heavy atom. The highest BCUT2D eigenvalue weighted by atomic mass is 19.4. The first-order chi connectivity index (χ1) is 16.2. The summed E-state index contributed by atoms with van der Waals surface area (Å²) in [4.78, 5) is 0. The molecule has 188 valence electrons. The van der Waals surface area contributed by atoms with Gasteiger partial charge in [0.2, 0.25) is 0 Å². The highest BCUT2D eigenvalue weighted by molar-refractivity contribution is 5.36. The van der Waals surface area contributed by atoms with Gasteiger partial charge in [0.1, 0.15) is 17.1 Å². The maximum atomic E-state index is 13.2. The van der Waals surface area contributed by atoms with Crippen LogP contribution in [0.3, 0.4) is 0 Å². The zero-order chi connectivity index (χ0) is 25.7. The van der Waals surface area contributed by atoms with Crippen molar-refractivity contribution in [1.29, 1.82) is 0 Å². The minimum atomic E-state index is -4.60. The van der Waals surface area contributed by atoms with E-state index in [0.29, 0.717) is 17.9 Å². The maximum absolute atomic E-state index is 13.2. The van der Waals surface area contributed by atoms with Gasteiger partial charge in [-0.2, -0.15) is 26.3 Å². The van der Waals surface area contributed by atoms with E-state index in [1.165, 1.54) is 48.5 Å². The first kappa shape index (κ1) is 24.9. The Labute approximate surface area is 197 Å². The summed E-state index contributed by atoms with van der Waals surface area (Å²) < 4.78 is 90.8. The molecular formula is C23H22F6N4O2. The highest BCUT2D eigenvalue weighted by Gasteiger charge is 2.65. The van der Waals surface area contributed by atoms with E-state index >= 15 is 0 Å². The van der Waals surface area contributed by atoms with E-state index in [2.05, 4.69) is 20.5 Å². The van der Waals surface area contributed by atoms with Gasteiger partial charge >= 0.3 is 23.7 Å². The van der Waals surface area contributed by atoms with Crippen LogP contribution >= 0.6 is 0 Å². The predicted octanol–water partition coefficient (Wildman–Crippen LogP) is 7.31. The largest absolute Gasteiger partial charge is 0.493 e. The van der Waals surface area contributed by atoms with Gasteiger partial charge in [-0.25, -0.2) is 0 Å². The molecule has 1 atom stereocenters. The van der Waals surface area contributed by atoms with E-state index in [1.807, 2.05) is 20.8 Å². The Morgan fingerprint density at radius 2 is 1.11 bits per heavy atom. The Hall–Kier alpha value is -3.18. The maximum Gasteiger partial charge on any atom is 0.442 e. The number of halogens is 6. The summed E-state index contributed by atoms with van der Waals surface area (Å²) in [7, 11) is 0. The molecular weight excluding hydrogens is 478 g/mol. The number of alkyl halides is 6. The van der Waals surface area contributed by atoms with Crippen molar-refractivity contribution in [1.82, 2.24) is 0 Å². The fourth-order valence-electron chi connectivity index (χ4n) is 3.82. The molecule has 4 rings (SSSR count). The highest BCUT2D eigenvalue weighted by Crippen LogP contribution is 2.53. The molecule has 0 saturated heterocycles. The van der Waals surface area contributed by atoms with Crippen LogP contribution in [-0.2, 0) is 11.3 Å². The molecule has 2 aliphatic rings. The van der Waals surface area contributed by atoms with Crippen LogP contribution in [0.1, 0.15) is 38.3 Å². The summed E-state index contributed by atoms with van der Waals surface area (Å²) in [5, 5.41) is 12.7. The predicted molar refractivity (Wildman–Crippen MR) is 112 cm³/mol. The lowest BCUT2D eigenvalue weighted by Gasteiger charge is -2.34. The van der Waals surface area contributed by atoms with Crippen LogP contribution in [0, 0.1) is 5.92 Å². The molecule has 35 heavy (non-hydrogen) atoms. The van der Waals surface area contributed by atoms with E-state index in [9.17, 15) is 26.3 Å². The minimum absolute atomic E-state index is 0.0874. The summed E-state index contributed by atoms with van der Waals surface area (Å²) in [6.07, 6.45) is -8.56. The van der Waals surface area contributed by atoms with Gasteiger partial charge in [-0.05, 0) is 44.5 Å². The quantitative estimate of drug-likeness (QED) is 0.339.